The molecule has 3 aromatic rings. The van der Waals surface area contributed by atoms with Crippen LogP contribution in [0, 0.1) is 5.82 Å². The van der Waals surface area contributed by atoms with Crippen molar-refractivity contribution in [3.63, 3.8) is 0 Å². The van der Waals surface area contributed by atoms with Crippen LogP contribution in [-0.4, -0.2) is 19.5 Å². The molecule has 0 bridgehead atoms. The molecule has 0 radical (unpaired) electrons. The molecule has 7 heteroatoms. The van der Waals surface area contributed by atoms with Gasteiger partial charge in [-0.15, -0.1) is 0 Å². The fourth-order valence-electron chi connectivity index (χ4n) is 1.77. The van der Waals surface area contributed by atoms with E-state index in [1.54, 1.807) is 6.07 Å². The monoisotopic (exact) mass is 276 g/mol. The number of benzene rings is 1. The fraction of sp³-hybridized carbons (Fsp3) is 0. The number of para-hydroxylation sites is 1. The van der Waals surface area contributed by atoms with E-state index in [0.29, 0.717) is 0 Å². The summed E-state index contributed by atoms with van der Waals surface area (Å²) in [6.45, 7) is 0. The minimum atomic E-state index is -0.535. The molecule has 0 spiro atoms. The maximum atomic E-state index is 13.8. The van der Waals surface area contributed by atoms with E-state index in [1.165, 1.54) is 24.5 Å². The standard InChI is InChI=1S/C12H6ClFN4O/c13-11-10-12(17-6-16-11)18(9(19)5-15-10)8-4-2-1-3-7(8)14/h1-6H. The van der Waals surface area contributed by atoms with Gasteiger partial charge in [0, 0.05) is 0 Å². The van der Waals surface area contributed by atoms with Crippen LogP contribution in [0.3, 0.4) is 0 Å². The number of fused-ring (bicyclic) bond motifs is 1. The first-order valence-corrected chi connectivity index (χ1v) is 5.69. The Labute approximate surface area is 111 Å². The predicted molar refractivity (Wildman–Crippen MR) is 67.9 cm³/mol. The van der Waals surface area contributed by atoms with Crippen LogP contribution in [-0.2, 0) is 0 Å². The molecule has 19 heavy (non-hydrogen) atoms. The molecule has 0 aliphatic carbocycles. The van der Waals surface area contributed by atoms with Gasteiger partial charge in [-0.1, -0.05) is 23.7 Å². The maximum Gasteiger partial charge on any atom is 0.275 e. The van der Waals surface area contributed by atoms with Crippen molar-refractivity contribution in [1.29, 1.82) is 0 Å². The summed E-state index contributed by atoms with van der Waals surface area (Å²) in [6, 6.07) is 5.90. The van der Waals surface area contributed by atoms with Gasteiger partial charge in [0.1, 0.15) is 17.7 Å². The molecule has 3 rings (SSSR count). The van der Waals surface area contributed by atoms with Gasteiger partial charge in [0.25, 0.3) is 5.56 Å². The smallest absolute Gasteiger partial charge is 0.267 e. The molecule has 0 amide bonds. The quantitative estimate of drug-likeness (QED) is 0.638. The van der Waals surface area contributed by atoms with Crippen molar-refractivity contribution in [2.24, 2.45) is 0 Å². The van der Waals surface area contributed by atoms with Gasteiger partial charge < -0.3 is 0 Å². The summed E-state index contributed by atoms with van der Waals surface area (Å²) in [4.78, 5) is 23.5. The SMILES string of the molecule is O=c1cnc2c(Cl)ncnc2n1-c1ccccc1F. The zero-order chi connectivity index (χ0) is 13.4. The van der Waals surface area contributed by atoms with Gasteiger partial charge >= 0.3 is 0 Å². The number of nitrogens with zero attached hydrogens (tertiary/aromatic N) is 4. The van der Waals surface area contributed by atoms with E-state index < -0.39 is 11.4 Å². The van der Waals surface area contributed by atoms with Crippen molar-refractivity contribution in [2.45, 2.75) is 0 Å². The predicted octanol–water partition coefficient (Wildman–Crippen LogP) is 1.97. The Morgan fingerprint density at radius 2 is 1.95 bits per heavy atom. The Kier molecular flexibility index (Phi) is 2.72. The van der Waals surface area contributed by atoms with Crippen molar-refractivity contribution in [1.82, 2.24) is 19.5 Å². The van der Waals surface area contributed by atoms with Crippen LogP contribution in [0.5, 0.6) is 0 Å². The number of rotatable bonds is 1. The molecular weight excluding hydrogens is 271 g/mol. The Morgan fingerprint density at radius 3 is 2.74 bits per heavy atom. The van der Waals surface area contributed by atoms with Crippen LogP contribution in [0.2, 0.25) is 5.15 Å². The lowest BCUT2D eigenvalue weighted by molar-refractivity contribution is 0.617. The van der Waals surface area contributed by atoms with Gasteiger partial charge in [-0.25, -0.2) is 19.3 Å². The molecule has 94 valence electrons. The highest BCUT2D eigenvalue weighted by Crippen LogP contribution is 2.19. The number of halogens is 2. The third-order valence-electron chi connectivity index (χ3n) is 2.59. The minimum Gasteiger partial charge on any atom is -0.267 e. The average molecular weight is 277 g/mol. The molecule has 0 aliphatic heterocycles. The Morgan fingerprint density at radius 1 is 1.16 bits per heavy atom. The van der Waals surface area contributed by atoms with Crippen molar-refractivity contribution in [2.75, 3.05) is 0 Å². The zero-order valence-electron chi connectivity index (χ0n) is 9.42. The van der Waals surface area contributed by atoms with E-state index in [2.05, 4.69) is 15.0 Å². The van der Waals surface area contributed by atoms with Crippen LogP contribution in [0.15, 0.2) is 41.6 Å². The number of hydrogen-bond donors (Lipinski definition) is 0. The van der Waals surface area contributed by atoms with Crippen LogP contribution in [0.4, 0.5) is 4.39 Å². The molecule has 0 aliphatic rings. The van der Waals surface area contributed by atoms with E-state index in [1.807, 2.05) is 0 Å². The largest absolute Gasteiger partial charge is 0.275 e. The van der Waals surface area contributed by atoms with Crippen LogP contribution in [0.1, 0.15) is 0 Å². The average Bonchev–Trinajstić information content (AvgIpc) is 2.40. The molecule has 5 nitrogen and oxygen atoms in total. The lowest BCUT2D eigenvalue weighted by Crippen LogP contribution is -2.20. The lowest BCUT2D eigenvalue weighted by Gasteiger charge is -2.09. The molecule has 0 saturated carbocycles. The van der Waals surface area contributed by atoms with E-state index >= 15 is 0 Å². The second-order valence-corrected chi connectivity index (χ2v) is 4.08. The summed E-state index contributed by atoms with van der Waals surface area (Å²) >= 11 is 5.89. The highest BCUT2D eigenvalue weighted by molar-refractivity contribution is 6.33. The summed E-state index contributed by atoms with van der Waals surface area (Å²) in [6.07, 6.45) is 2.26. The molecule has 1 aromatic carbocycles. The summed E-state index contributed by atoms with van der Waals surface area (Å²) in [5, 5.41) is 0.107. The van der Waals surface area contributed by atoms with Crippen molar-refractivity contribution >= 4 is 22.8 Å². The fourth-order valence-corrected chi connectivity index (χ4v) is 1.95. The first kappa shape index (κ1) is 11.7. The highest BCUT2D eigenvalue weighted by atomic mass is 35.5. The van der Waals surface area contributed by atoms with Crippen LogP contribution >= 0.6 is 11.6 Å². The summed E-state index contributed by atoms with van der Waals surface area (Å²) in [5.74, 6) is -0.535. The molecule has 0 fully saturated rings. The molecule has 2 aromatic heterocycles. The molecular formula is C12H6ClFN4O. The Balaban J connectivity index is 2.48. The second kappa shape index (κ2) is 4.40. The van der Waals surface area contributed by atoms with Crippen LogP contribution in [0.25, 0.3) is 16.9 Å². The number of aromatic nitrogens is 4. The second-order valence-electron chi connectivity index (χ2n) is 3.72. The molecule has 0 N–H and O–H groups in total. The topological polar surface area (TPSA) is 60.7 Å². The first-order valence-electron chi connectivity index (χ1n) is 5.31. The van der Waals surface area contributed by atoms with Gasteiger partial charge in [0.05, 0.1) is 11.9 Å². The summed E-state index contributed by atoms with van der Waals surface area (Å²) in [7, 11) is 0. The van der Waals surface area contributed by atoms with E-state index in [0.717, 1.165) is 10.8 Å². The van der Waals surface area contributed by atoms with E-state index in [4.69, 9.17) is 11.6 Å². The molecule has 0 unspecified atom stereocenters. The minimum absolute atomic E-state index is 0.0923. The van der Waals surface area contributed by atoms with Gasteiger partial charge in [-0.05, 0) is 12.1 Å². The molecule has 2 heterocycles. The summed E-state index contributed by atoms with van der Waals surface area (Å²) in [5.41, 5.74) is 0.00616. The van der Waals surface area contributed by atoms with Gasteiger partial charge in [0.15, 0.2) is 10.8 Å². The van der Waals surface area contributed by atoms with Gasteiger partial charge in [0.2, 0.25) is 0 Å². The third kappa shape index (κ3) is 1.86. The Hall–Kier alpha value is -2.34. The Bertz CT molecular complexity index is 833. The van der Waals surface area contributed by atoms with Crippen LogP contribution < -0.4 is 5.56 Å². The third-order valence-corrected chi connectivity index (χ3v) is 2.86. The van der Waals surface area contributed by atoms with Gasteiger partial charge in [-0.2, -0.15) is 0 Å². The van der Waals surface area contributed by atoms with Gasteiger partial charge in [-0.3, -0.25) is 9.36 Å². The van der Waals surface area contributed by atoms with E-state index in [9.17, 15) is 9.18 Å². The maximum absolute atomic E-state index is 13.8. The van der Waals surface area contributed by atoms with Crippen molar-refractivity contribution < 1.29 is 4.39 Å². The normalized spacial score (nSPS) is 10.8. The summed E-state index contributed by atoms with van der Waals surface area (Å²) < 4.78 is 14.9. The number of hydrogen-bond acceptors (Lipinski definition) is 4. The lowest BCUT2D eigenvalue weighted by atomic mass is 10.3. The van der Waals surface area contributed by atoms with Crippen molar-refractivity contribution in [3.05, 3.63) is 58.1 Å². The van der Waals surface area contributed by atoms with E-state index in [-0.39, 0.29) is 22.0 Å². The first-order chi connectivity index (χ1) is 9.18. The highest BCUT2D eigenvalue weighted by Gasteiger charge is 2.13. The zero-order valence-corrected chi connectivity index (χ0v) is 10.2. The molecule has 0 atom stereocenters. The molecule has 0 saturated heterocycles. The van der Waals surface area contributed by atoms with Crippen molar-refractivity contribution in [3.8, 4) is 5.69 Å².